The molecule has 3 N–H and O–H groups in total. The van der Waals surface area contributed by atoms with Crippen molar-refractivity contribution in [1.82, 2.24) is 19.1 Å². The molecule has 9 heteroatoms. The largest absolute Gasteiger partial charge is 0.351 e. The van der Waals surface area contributed by atoms with E-state index < -0.39 is 0 Å². The number of imidazole rings is 1. The minimum Gasteiger partial charge on any atom is -0.351 e. The molecule has 3 heterocycles. The van der Waals surface area contributed by atoms with E-state index in [1.807, 2.05) is 34.9 Å². The number of aromatic nitrogens is 4. The summed E-state index contributed by atoms with van der Waals surface area (Å²) in [4.78, 5) is 25.1. The smallest absolute Gasteiger partial charge is 0.281 e. The zero-order valence-corrected chi connectivity index (χ0v) is 19.1. The molecule has 0 radical (unpaired) electrons. The fourth-order valence-corrected chi connectivity index (χ4v) is 4.44. The maximum absolute atomic E-state index is 13.5. The molecular formula is C25H28FN7O. The molecule has 0 amide bonds. The van der Waals surface area contributed by atoms with Gasteiger partial charge in [0.25, 0.3) is 5.56 Å². The van der Waals surface area contributed by atoms with Crippen LogP contribution in [0.1, 0.15) is 24.0 Å². The van der Waals surface area contributed by atoms with Gasteiger partial charge in [0, 0.05) is 32.7 Å². The highest BCUT2D eigenvalue weighted by molar-refractivity contribution is 5.75. The van der Waals surface area contributed by atoms with Gasteiger partial charge < -0.3 is 16.0 Å². The van der Waals surface area contributed by atoms with Gasteiger partial charge in [0.15, 0.2) is 11.2 Å². The summed E-state index contributed by atoms with van der Waals surface area (Å²) >= 11 is 0. The number of anilines is 2. The molecule has 1 unspecified atom stereocenters. The SMILES string of the molecule is Cn1c(NCc2ccccc2)nc2nc(N3CCCC(N)C3)n(Cc3ccc(F)cc3)c2c1=O. The number of benzene rings is 2. The number of hydrogen-bond donors (Lipinski definition) is 2. The highest BCUT2D eigenvalue weighted by Crippen LogP contribution is 2.25. The van der Waals surface area contributed by atoms with E-state index in [1.54, 1.807) is 19.2 Å². The van der Waals surface area contributed by atoms with E-state index in [9.17, 15) is 9.18 Å². The summed E-state index contributed by atoms with van der Waals surface area (Å²) in [5, 5.41) is 3.26. The normalized spacial score (nSPS) is 16.2. The second kappa shape index (κ2) is 9.26. The van der Waals surface area contributed by atoms with Crippen LogP contribution in [0.3, 0.4) is 0 Å². The predicted molar refractivity (Wildman–Crippen MR) is 131 cm³/mol. The van der Waals surface area contributed by atoms with E-state index in [4.69, 9.17) is 15.7 Å². The van der Waals surface area contributed by atoms with E-state index in [1.165, 1.54) is 16.7 Å². The van der Waals surface area contributed by atoms with Crippen LogP contribution in [0, 0.1) is 5.82 Å². The van der Waals surface area contributed by atoms with Crippen LogP contribution in [0.5, 0.6) is 0 Å². The van der Waals surface area contributed by atoms with E-state index >= 15 is 0 Å². The van der Waals surface area contributed by atoms with Gasteiger partial charge in [-0.25, -0.2) is 4.39 Å². The summed E-state index contributed by atoms with van der Waals surface area (Å²) in [5.74, 6) is 0.821. The molecule has 2 aromatic carbocycles. The van der Waals surface area contributed by atoms with Gasteiger partial charge >= 0.3 is 0 Å². The third kappa shape index (κ3) is 4.38. The zero-order chi connectivity index (χ0) is 23.7. The number of nitrogens with one attached hydrogen (secondary N) is 1. The lowest BCUT2D eigenvalue weighted by Crippen LogP contribution is -2.44. The molecule has 0 aliphatic carbocycles. The van der Waals surface area contributed by atoms with Gasteiger partial charge in [-0.2, -0.15) is 9.97 Å². The van der Waals surface area contributed by atoms with Crippen LogP contribution in [0.25, 0.3) is 11.2 Å². The topological polar surface area (TPSA) is 94.0 Å². The molecule has 176 valence electrons. The average molecular weight is 462 g/mol. The van der Waals surface area contributed by atoms with E-state index in [-0.39, 0.29) is 17.4 Å². The fourth-order valence-electron chi connectivity index (χ4n) is 4.44. The Morgan fingerprint density at radius 3 is 2.59 bits per heavy atom. The maximum Gasteiger partial charge on any atom is 0.281 e. The predicted octanol–water partition coefficient (Wildman–Crippen LogP) is 2.86. The van der Waals surface area contributed by atoms with Crippen molar-refractivity contribution in [1.29, 1.82) is 0 Å². The Balaban J connectivity index is 1.58. The lowest BCUT2D eigenvalue weighted by Gasteiger charge is -2.31. The quantitative estimate of drug-likeness (QED) is 0.459. The van der Waals surface area contributed by atoms with Gasteiger partial charge in [0.2, 0.25) is 11.9 Å². The number of hydrogen-bond acceptors (Lipinski definition) is 6. The molecule has 0 spiro atoms. The number of rotatable bonds is 6. The fraction of sp³-hybridized carbons (Fsp3) is 0.320. The van der Waals surface area contributed by atoms with Gasteiger partial charge in [0.1, 0.15) is 5.82 Å². The minimum atomic E-state index is -0.298. The highest BCUT2D eigenvalue weighted by atomic mass is 19.1. The second-order valence-electron chi connectivity index (χ2n) is 8.78. The summed E-state index contributed by atoms with van der Waals surface area (Å²) in [5.41, 5.74) is 8.81. The molecule has 0 saturated carbocycles. The van der Waals surface area contributed by atoms with Crippen molar-refractivity contribution in [3.63, 3.8) is 0 Å². The number of nitrogens with zero attached hydrogens (tertiary/aromatic N) is 5. The summed E-state index contributed by atoms with van der Waals surface area (Å²) in [6.45, 7) is 2.38. The molecule has 1 atom stereocenters. The zero-order valence-electron chi connectivity index (χ0n) is 19.1. The molecule has 1 aliphatic rings. The van der Waals surface area contributed by atoms with Gasteiger partial charge in [-0.15, -0.1) is 0 Å². The number of fused-ring (bicyclic) bond motifs is 1. The first-order chi connectivity index (χ1) is 16.5. The number of halogens is 1. The van der Waals surface area contributed by atoms with Gasteiger partial charge in [-0.05, 0) is 36.1 Å². The Kier molecular flexibility index (Phi) is 6.02. The molecule has 0 bridgehead atoms. The minimum absolute atomic E-state index is 0.0479. The first kappa shape index (κ1) is 22.1. The second-order valence-corrected chi connectivity index (χ2v) is 8.78. The summed E-state index contributed by atoms with van der Waals surface area (Å²) < 4.78 is 16.9. The van der Waals surface area contributed by atoms with Crippen LogP contribution in [0.15, 0.2) is 59.4 Å². The molecular weight excluding hydrogens is 433 g/mol. The Morgan fingerprint density at radius 2 is 1.85 bits per heavy atom. The lowest BCUT2D eigenvalue weighted by molar-refractivity contribution is 0.495. The monoisotopic (exact) mass is 461 g/mol. The number of nitrogens with two attached hydrogens (primary N) is 1. The van der Waals surface area contributed by atoms with Crippen LogP contribution in [0.4, 0.5) is 16.3 Å². The molecule has 8 nitrogen and oxygen atoms in total. The van der Waals surface area contributed by atoms with Crippen molar-refractivity contribution in [2.75, 3.05) is 23.3 Å². The van der Waals surface area contributed by atoms with E-state index in [2.05, 4.69) is 10.2 Å². The van der Waals surface area contributed by atoms with Gasteiger partial charge in [0.05, 0.1) is 6.54 Å². The Hall–Kier alpha value is -3.72. The number of piperidine rings is 1. The third-order valence-electron chi connectivity index (χ3n) is 6.25. The van der Waals surface area contributed by atoms with Crippen molar-refractivity contribution in [2.45, 2.75) is 32.0 Å². The molecule has 34 heavy (non-hydrogen) atoms. The van der Waals surface area contributed by atoms with Crippen LogP contribution in [-0.4, -0.2) is 38.2 Å². The molecule has 1 saturated heterocycles. The molecule has 1 aliphatic heterocycles. The third-order valence-corrected chi connectivity index (χ3v) is 6.25. The summed E-state index contributed by atoms with van der Waals surface area (Å²) in [6.07, 6.45) is 1.92. The molecule has 5 rings (SSSR count). The van der Waals surface area contributed by atoms with Crippen LogP contribution in [-0.2, 0) is 20.1 Å². The average Bonchev–Trinajstić information content (AvgIpc) is 3.20. The first-order valence-corrected chi connectivity index (χ1v) is 11.5. The van der Waals surface area contributed by atoms with Crippen LogP contribution >= 0.6 is 0 Å². The first-order valence-electron chi connectivity index (χ1n) is 11.5. The lowest BCUT2D eigenvalue weighted by atomic mass is 10.1. The molecule has 1 fully saturated rings. The Bertz CT molecular complexity index is 1350. The van der Waals surface area contributed by atoms with Crippen LogP contribution in [0.2, 0.25) is 0 Å². The van der Waals surface area contributed by atoms with Crippen molar-refractivity contribution in [2.24, 2.45) is 12.8 Å². The van der Waals surface area contributed by atoms with Crippen molar-refractivity contribution in [3.05, 3.63) is 81.9 Å². The Morgan fingerprint density at radius 1 is 1.09 bits per heavy atom. The maximum atomic E-state index is 13.5. The summed E-state index contributed by atoms with van der Waals surface area (Å²) in [7, 11) is 1.70. The Labute approximate surface area is 196 Å². The highest BCUT2D eigenvalue weighted by Gasteiger charge is 2.25. The van der Waals surface area contributed by atoms with Gasteiger partial charge in [-0.1, -0.05) is 42.5 Å². The van der Waals surface area contributed by atoms with E-state index in [0.29, 0.717) is 42.7 Å². The van der Waals surface area contributed by atoms with Crippen molar-refractivity contribution in [3.8, 4) is 0 Å². The standard InChI is InChI=1S/C25H28FN7O/c1-31-23(34)21-22(29-24(31)28-14-17-6-3-2-4-7-17)30-25(32-13-5-8-20(27)16-32)33(21)15-18-9-11-19(26)12-10-18/h2-4,6-7,9-12,20H,5,8,13-16,27H2,1H3,(H,28,29). The molecule has 2 aromatic heterocycles. The van der Waals surface area contributed by atoms with Crippen molar-refractivity contribution >= 4 is 23.1 Å². The van der Waals surface area contributed by atoms with Crippen molar-refractivity contribution < 1.29 is 4.39 Å². The molecule has 4 aromatic rings. The summed E-state index contributed by atoms with van der Waals surface area (Å²) in [6, 6.07) is 16.3. The van der Waals surface area contributed by atoms with E-state index in [0.717, 1.165) is 30.5 Å². The van der Waals surface area contributed by atoms with Crippen LogP contribution < -0.4 is 21.5 Å². The van der Waals surface area contributed by atoms with Gasteiger partial charge in [-0.3, -0.25) is 13.9 Å².